The van der Waals surface area contributed by atoms with E-state index in [-0.39, 0.29) is 11.8 Å². The van der Waals surface area contributed by atoms with Crippen LogP contribution in [0.5, 0.6) is 0 Å². The van der Waals surface area contributed by atoms with Gasteiger partial charge in [-0.25, -0.2) is 0 Å². The second-order valence-corrected chi connectivity index (χ2v) is 6.36. The number of nitrogens with one attached hydrogen (secondary N) is 1. The third-order valence-electron chi connectivity index (χ3n) is 4.32. The molecule has 2 amide bonds. The van der Waals surface area contributed by atoms with E-state index in [4.69, 9.17) is 4.52 Å². The van der Waals surface area contributed by atoms with Crippen LogP contribution in [0.4, 0.5) is 0 Å². The van der Waals surface area contributed by atoms with Gasteiger partial charge in [-0.1, -0.05) is 17.3 Å². The van der Waals surface area contributed by atoms with E-state index in [9.17, 15) is 9.59 Å². The first-order chi connectivity index (χ1) is 12.0. The Kier molecular flexibility index (Phi) is 4.83. The van der Waals surface area contributed by atoms with E-state index in [0.717, 1.165) is 12.8 Å². The van der Waals surface area contributed by atoms with Gasteiger partial charge in [-0.05, 0) is 38.8 Å². The summed E-state index contributed by atoms with van der Waals surface area (Å²) in [5, 5.41) is 6.72. The fourth-order valence-corrected chi connectivity index (χ4v) is 2.48. The van der Waals surface area contributed by atoms with Gasteiger partial charge in [0.1, 0.15) is 6.04 Å². The molecule has 0 bridgehead atoms. The third-order valence-corrected chi connectivity index (χ3v) is 4.32. The molecule has 2 aromatic rings. The summed E-state index contributed by atoms with van der Waals surface area (Å²) in [6, 6.07) is 6.41. The molecule has 1 aliphatic carbocycles. The molecule has 1 N–H and O–H groups in total. The van der Waals surface area contributed by atoms with Gasteiger partial charge in [0.05, 0.1) is 0 Å². The van der Waals surface area contributed by atoms with E-state index < -0.39 is 6.04 Å². The molecule has 132 valence electrons. The van der Waals surface area contributed by atoms with Crippen molar-refractivity contribution in [2.75, 3.05) is 13.6 Å². The van der Waals surface area contributed by atoms with Crippen LogP contribution in [0.3, 0.4) is 0 Å². The summed E-state index contributed by atoms with van der Waals surface area (Å²) in [5.41, 5.74) is 1.17. The normalized spacial score (nSPS) is 14.8. The van der Waals surface area contributed by atoms with Crippen molar-refractivity contribution >= 4 is 11.8 Å². The van der Waals surface area contributed by atoms with Crippen LogP contribution in [0, 0.1) is 0 Å². The van der Waals surface area contributed by atoms with Crippen molar-refractivity contribution in [2.45, 2.75) is 38.6 Å². The van der Waals surface area contributed by atoms with Gasteiger partial charge >= 0.3 is 0 Å². The summed E-state index contributed by atoms with van der Waals surface area (Å²) in [5.74, 6) is 1.09. The van der Waals surface area contributed by atoms with Crippen molar-refractivity contribution in [3.8, 4) is 11.4 Å². The monoisotopic (exact) mass is 342 g/mol. The summed E-state index contributed by atoms with van der Waals surface area (Å²) < 4.78 is 5.27. The Hall–Kier alpha value is -2.70. The predicted octanol–water partition coefficient (Wildman–Crippen LogP) is 2.21. The van der Waals surface area contributed by atoms with Gasteiger partial charge in [0.15, 0.2) is 0 Å². The van der Waals surface area contributed by atoms with E-state index in [1.807, 2.05) is 13.0 Å². The molecule has 0 saturated heterocycles. The van der Waals surface area contributed by atoms with Crippen LogP contribution in [-0.2, 0) is 4.79 Å². The lowest BCUT2D eigenvalue weighted by molar-refractivity contribution is -0.131. The average molecular weight is 342 g/mol. The lowest BCUT2D eigenvalue weighted by Crippen LogP contribution is -2.45. The zero-order valence-corrected chi connectivity index (χ0v) is 14.7. The number of carbonyl (C=O) groups excluding carboxylic acids is 2. The van der Waals surface area contributed by atoms with Crippen LogP contribution in [0.1, 0.15) is 48.9 Å². The third kappa shape index (κ3) is 3.87. The van der Waals surface area contributed by atoms with Crippen molar-refractivity contribution in [3.05, 3.63) is 35.7 Å². The zero-order chi connectivity index (χ0) is 18.0. The molecule has 0 spiro atoms. The molecule has 1 atom stereocenters. The number of nitrogens with zero attached hydrogens (tertiary/aromatic N) is 3. The number of rotatable bonds is 6. The second-order valence-electron chi connectivity index (χ2n) is 6.36. The minimum atomic E-state index is -0.590. The van der Waals surface area contributed by atoms with Gasteiger partial charge < -0.3 is 14.7 Å². The van der Waals surface area contributed by atoms with Gasteiger partial charge in [0, 0.05) is 30.6 Å². The van der Waals surface area contributed by atoms with Crippen LogP contribution >= 0.6 is 0 Å². The Bertz CT molecular complexity index is 782. The highest BCUT2D eigenvalue weighted by atomic mass is 16.5. The molecule has 1 aliphatic rings. The largest absolute Gasteiger partial charge is 0.344 e. The molecular formula is C18H22N4O3. The van der Waals surface area contributed by atoms with Gasteiger partial charge in [0.2, 0.25) is 17.6 Å². The predicted molar refractivity (Wildman–Crippen MR) is 91.9 cm³/mol. The second kappa shape index (κ2) is 7.04. The van der Waals surface area contributed by atoms with Gasteiger partial charge in [-0.15, -0.1) is 0 Å². The van der Waals surface area contributed by atoms with Crippen LogP contribution in [0.2, 0.25) is 0 Å². The molecule has 1 heterocycles. The van der Waals surface area contributed by atoms with E-state index in [1.165, 1.54) is 0 Å². The molecule has 3 rings (SSSR count). The maximum absolute atomic E-state index is 12.4. The Balaban J connectivity index is 1.71. The highest BCUT2D eigenvalue weighted by molar-refractivity contribution is 5.98. The Labute approximate surface area is 146 Å². The molecule has 0 aliphatic heterocycles. The number of aromatic nitrogens is 2. The molecular weight excluding hydrogens is 320 g/mol. The molecule has 1 aromatic carbocycles. The molecule has 0 radical (unpaired) electrons. The molecule has 7 heteroatoms. The first-order valence-corrected chi connectivity index (χ1v) is 8.49. The number of hydrogen-bond donors (Lipinski definition) is 1. The van der Waals surface area contributed by atoms with E-state index in [2.05, 4.69) is 15.5 Å². The summed E-state index contributed by atoms with van der Waals surface area (Å²) in [6.45, 7) is 4.16. The van der Waals surface area contributed by atoms with Gasteiger partial charge in [0.25, 0.3) is 5.91 Å². The molecule has 0 unspecified atom stereocenters. The first-order valence-electron chi connectivity index (χ1n) is 8.49. The van der Waals surface area contributed by atoms with Crippen molar-refractivity contribution in [1.82, 2.24) is 20.4 Å². The Morgan fingerprint density at radius 3 is 2.84 bits per heavy atom. The van der Waals surface area contributed by atoms with Gasteiger partial charge in [-0.3, -0.25) is 9.59 Å². The minimum Gasteiger partial charge on any atom is -0.344 e. The topological polar surface area (TPSA) is 88.3 Å². The highest BCUT2D eigenvalue weighted by Gasteiger charge is 2.29. The number of carbonyl (C=O) groups is 2. The smallest absolute Gasteiger partial charge is 0.251 e. The molecule has 1 aromatic heterocycles. The lowest BCUT2D eigenvalue weighted by Gasteiger charge is -2.20. The molecule has 25 heavy (non-hydrogen) atoms. The van der Waals surface area contributed by atoms with E-state index in [1.54, 1.807) is 37.1 Å². The fraction of sp³-hybridized carbons (Fsp3) is 0.444. The Morgan fingerprint density at radius 1 is 1.40 bits per heavy atom. The average Bonchev–Trinajstić information content (AvgIpc) is 3.37. The van der Waals surface area contributed by atoms with Crippen LogP contribution in [0.15, 0.2) is 28.8 Å². The zero-order valence-electron chi connectivity index (χ0n) is 14.7. The van der Waals surface area contributed by atoms with Crippen LogP contribution in [0.25, 0.3) is 11.4 Å². The fourth-order valence-electron chi connectivity index (χ4n) is 2.48. The standard InChI is InChI=1S/C18H22N4O3/c1-4-22(3)18(24)11(2)19-16(23)14-7-5-6-13(10-14)15-20-17(25-21-15)12-8-9-12/h5-7,10-12H,4,8-9H2,1-3H3,(H,19,23)/t11-/m0/s1. The molecule has 1 saturated carbocycles. The van der Waals surface area contributed by atoms with Crippen LogP contribution < -0.4 is 5.32 Å². The van der Waals surface area contributed by atoms with Crippen molar-refractivity contribution < 1.29 is 14.1 Å². The van der Waals surface area contributed by atoms with Crippen LogP contribution in [-0.4, -0.2) is 46.5 Å². The summed E-state index contributed by atoms with van der Waals surface area (Å²) >= 11 is 0. The van der Waals surface area contributed by atoms with Gasteiger partial charge in [-0.2, -0.15) is 4.98 Å². The molecule has 7 nitrogen and oxygen atoms in total. The SMILES string of the molecule is CCN(C)C(=O)[C@H](C)NC(=O)c1cccc(-c2noc(C3CC3)n2)c1. The summed E-state index contributed by atoms with van der Waals surface area (Å²) in [4.78, 5) is 30.5. The van der Waals surface area contributed by atoms with E-state index >= 15 is 0 Å². The Morgan fingerprint density at radius 2 is 2.16 bits per heavy atom. The number of hydrogen-bond acceptors (Lipinski definition) is 5. The quantitative estimate of drug-likeness (QED) is 0.869. The summed E-state index contributed by atoms with van der Waals surface area (Å²) in [6.07, 6.45) is 2.17. The van der Waals surface area contributed by atoms with Crippen molar-refractivity contribution in [1.29, 1.82) is 0 Å². The van der Waals surface area contributed by atoms with Crippen molar-refractivity contribution in [2.24, 2.45) is 0 Å². The summed E-state index contributed by atoms with van der Waals surface area (Å²) in [7, 11) is 1.71. The minimum absolute atomic E-state index is 0.126. The number of likely N-dealkylation sites (N-methyl/N-ethyl adjacent to an activating group) is 1. The number of amides is 2. The lowest BCUT2D eigenvalue weighted by atomic mass is 10.1. The van der Waals surface area contributed by atoms with E-state index in [0.29, 0.717) is 35.3 Å². The first kappa shape index (κ1) is 17.1. The highest BCUT2D eigenvalue weighted by Crippen LogP contribution is 2.39. The van der Waals surface area contributed by atoms with Crippen molar-refractivity contribution in [3.63, 3.8) is 0 Å². The number of benzene rings is 1. The molecule has 1 fully saturated rings. The maximum Gasteiger partial charge on any atom is 0.251 e. The maximum atomic E-state index is 12.4.